The Kier molecular flexibility index (Phi) is 5.74. The highest BCUT2D eigenvalue weighted by Gasteiger charge is 2.34. The Hall–Kier alpha value is -2.91. The van der Waals surface area contributed by atoms with Crippen LogP contribution >= 0.6 is 0 Å². The highest BCUT2D eigenvalue weighted by molar-refractivity contribution is 7.89. The van der Waals surface area contributed by atoms with Crippen molar-refractivity contribution in [2.75, 3.05) is 13.1 Å². The smallest absolute Gasteiger partial charge is 0.276 e. The Labute approximate surface area is 175 Å². The lowest BCUT2D eigenvalue weighted by atomic mass is 9.97. The molecule has 1 saturated heterocycles. The number of nitrogens with one attached hydrogen (secondary N) is 2. The van der Waals surface area contributed by atoms with Gasteiger partial charge in [-0.25, -0.2) is 8.42 Å². The normalized spacial score (nSPS) is 15.9. The largest absolute Gasteiger partial charge is 0.442 e. The van der Waals surface area contributed by atoms with E-state index in [0.29, 0.717) is 30.8 Å². The molecule has 3 heterocycles. The van der Waals surface area contributed by atoms with Crippen molar-refractivity contribution in [2.45, 2.75) is 31.4 Å². The Morgan fingerprint density at radius 2 is 2.03 bits per heavy atom. The van der Waals surface area contributed by atoms with Crippen LogP contribution in [0.5, 0.6) is 0 Å². The first-order valence-corrected chi connectivity index (χ1v) is 11.3. The second kappa shape index (κ2) is 8.45. The van der Waals surface area contributed by atoms with Crippen molar-refractivity contribution in [2.24, 2.45) is 5.92 Å². The van der Waals surface area contributed by atoms with E-state index in [1.54, 1.807) is 18.3 Å². The average Bonchev–Trinajstić information content (AvgIpc) is 3.44. The van der Waals surface area contributed by atoms with Crippen LogP contribution in [0.25, 0.3) is 11.5 Å². The van der Waals surface area contributed by atoms with E-state index in [4.69, 9.17) is 4.42 Å². The lowest BCUT2D eigenvalue weighted by molar-refractivity contribution is -0.126. The predicted octanol–water partition coefficient (Wildman–Crippen LogP) is 2.70. The standard InChI is InChI=1S/C21H24N4O4S/c1-15-3-2-4-16(13-15)14-22-21(26)17-8-11-25(12-9-17)30(27,28)20-6-5-19(29-20)18-7-10-23-24-18/h2-7,10,13,17H,8-9,11-12,14H2,1H3,(H,22,26)(H,23,24). The van der Waals surface area contributed by atoms with Crippen LogP contribution in [0.1, 0.15) is 24.0 Å². The van der Waals surface area contributed by atoms with Gasteiger partial charge in [-0.2, -0.15) is 9.40 Å². The van der Waals surface area contributed by atoms with E-state index >= 15 is 0 Å². The lowest BCUT2D eigenvalue weighted by Crippen LogP contribution is -2.42. The van der Waals surface area contributed by atoms with Gasteiger partial charge in [0.05, 0.1) is 0 Å². The molecular formula is C21H24N4O4S. The fourth-order valence-corrected chi connectivity index (χ4v) is 5.02. The number of carbonyl (C=O) groups excluding carboxylic acids is 1. The Bertz CT molecular complexity index is 1110. The van der Waals surface area contributed by atoms with Crippen molar-refractivity contribution in [3.8, 4) is 11.5 Å². The number of benzene rings is 1. The molecule has 9 heteroatoms. The second-order valence-electron chi connectivity index (χ2n) is 7.47. The van der Waals surface area contributed by atoms with E-state index in [0.717, 1.165) is 11.1 Å². The number of aromatic amines is 1. The minimum Gasteiger partial charge on any atom is -0.442 e. The third-order valence-corrected chi connectivity index (χ3v) is 7.09. The molecule has 0 aliphatic carbocycles. The summed E-state index contributed by atoms with van der Waals surface area (Å²) in [6.45, 7) is 3.05. The summed E-state index contributed by atoms with van der Waals surface area (Å²) < 4.78 is 32.7. The van der Waals surface area contributed by atoms with Gasteiger partial charge in [-0.05, 0) is 43.5 Å². The van der Waals surface area contributed by atoms with Gasteiger partial charge in [0.2, 0.25) is 11.0 Å². The predicted molar refractivity (Wildman–Crippen MR) is 111 cm³/mol. The van der Waals surface area contributed by atoms with Gasteiger partial charge in [0.15, 0.2) is 5.76 Å². The first-order chi connectivity index (χ1) is 14.4. The molecule has 8 nitrogen and oxygen atoms in total. The maximum atomic E-state index is 12.9. The summed E-state index contributed by atoms with van der Waals surface area (Å²) in [7, 11) is -3.74. The molecule has 0 unspecified atom stereocenters. The zero-order valence-corrected chi connectivity index (χ0v) is 17.5. The van der Waals surface area contributed by atoms with Crippen LogP contribution in [-0.4, -0.2) is 41.9 Å². The van der Waals surface area contributed by atoms with Crippen LogP contribution in [0.15, 0.2) is 58.2 Å². The molecule has 4 rings (SSSR count). The summed E-state index contributed by atoms with van der Waals surface area (Å²) in [5, 5.41) is 9.45. The van der Waals surface area contributed by atoms with E-state index in [9.17, 15) is 13.2 Å². The van der Waals surface area contributed by atoms with Crippen LogP contribution in [-0.2, 0) is 21.4 Å². The van der Waals surface area contributed by atoms with Gasteiger partial charge in [0.25, 0.3) is 10.0 Å². The maximum Gasteiger partial charge on any atom is 0.276 e. The SMILES string of the molecule is Cc1cccc(CNC(=O)C2CCN(S(=O)(=O)c3ccc(-c4ccn[nH]4)o3)CC2)c1. The molecule has 1 fully saturated rings. The van der Waals surface area contributed by atoms with Gasteiger partial charge in [0.1, 0.15) is 5.69 Å². The number of carbonyl (C=O) groups is 1. The van der Waals surface area contributed by atoms with Crippen molar-refractivity contribution in [1.82, 2.24) is 19.8 Å². The van der Waals surface area contributed by atoms with E-state index in [-0.39, 0.29) is 30.0 Å². The fraction of sp³-hybridized carbons (Fsp3) is 0.333. The molecule has 1 amide bonds. The molecule has 2 aromatic heterocycles. The number of hydrogen-bond acceptors (Lipinski definition) is 5. The molecule has 2 N–H and O–H groups in total. The molecule has 0 saturated carbocycles. The molecule has 1 aliphatic heterocycles. The third-order valence-electron chi connectivity index (χ3n) is 5.32. The monoisotopic (exact) mass is 428 g/mol. The number of aromatic nitrogens is 2. The summed E-state index contributed by atoms with van der Waals surface area (Å²) >= 11 is 0. The maximum absolute atomic E-state index is 12.9. The minimum absolute atomic E-state index is 0.0342. The quantitative estimate of drug-likeness (QED) is 0.628. The summed E-state index contributed by atoms with van der Waals surface area (Å²) in [6.07, 6.45) is 2.53. The summed E-state index contributed by atoms with van der Waals surface area (Å²) in [4.78, 5) is 12.5. The van der Waals surface area contributed by atoms with Crippen molar-refractivity contribution >= 4 is 15.9 Å². The number of H-pyrrole nitrogens is 1. The molecule has 30 heavy (non-hydrogen) atoms. The van der Waals surface area contributed by atoms with Crippen LogP contribution in [0.2, 0.25) is 0 Å². The van der Waals surface area contributed by atoms with Crippen LogP contribution in [0.4, 0.5) is 0 Å². The van der Waals surface area contributed by atoms with Crippen molar-refractivity contribution < 1.29 is 17.6 Å². The zero-order chi connectivity index (χ0) is 21.1. The number of hydrogen-bond donors (Lipinski definition) is 2. The van der Waals surface area contributed by atoms with E-state index in [2.05, 4.69) is 15.5 Å². The minimum atomic E-state index is -3.74. The molecule has 0 radical (unpaired) electrons. The Balaban J connectivity index is 1.34. The van der Waals surface area contributed by atoms with Gasteiger partial charge in [0, 0.05) is 31.7 Å². The summed E-state index contributed by atoms with van der Waals surface area (Å²) in [5.41, 5.74) is 2.81. The van der Waals surface area contributed by atoms with Crippen molar-refractivity contribution in [3.63, 3.8) is 0 Å². The Morgan fingerprint density at radius 1 is 1.23 bits per heavy atom. The number of rotatable bonds is 6. The van der Waals surface area contributed by atoms with E-state index in [1.807, 2.05) is 31.2 Å². The first kappa shape index (κ1) is 20.4. The molecule has 0 spiro atoms. The highest BCUT2D eigenvalue weighted by Crippen LogP contribution is 2.28. The third kappa shape index (κ3) is 4.31. The number of aryl methyl sites for hydroxylation is 1. The Morgan fingerprint density at radius 3 is 2.73 bits per heavy atom. The fourth-order valence-electron chi connectivity index (χ4n) is 3.64. The number of amides is 1. The van der Waals surface area contributed by atoms with Gasteiger partial charge in [-0.3, -0.25) is 9.89 Å². The molecule has 0 bridgehead atoms. The number of piperidine rings is 1. The highest BCUT2D eigenvalue weighted by atomic mass is 32.2. The van der Waals surface area contributed by atoms with Crippen molar-refractivity contribution in [1.29, 1.82) is 0 Å². The number of nitrogens with zero attached hydrogens (tertiary/aromatic N) is 2. The van der Waals surface area contributed by atoms with Crippen LogP contribution in [0, 0.1) is 12.8 Å². The van der Waals surface area contributed by atoms with E-state index < -0.39 is 10.0 Å². The lowest BCUT2D eigenvalue weighted by Gasteiger charge is -2.29. The van der Waals surface area contributed by atoms with Gasteiger partial charge in [-0.15, -0.1) is 0 Å². The summed E-state index contributed by atoms with van der Waals surface area (Å²) in [5.74, 6) is 0.183. The molecule has 3 aromatic rings. The number of sulfonamides is 1. The molecule has 1 aliphatic rings. The number of furan rings is 1. The van der Waals surface area contributed by atoms with Gasteiger partial charge >= 0.3 is 0 Å². The second-order valence-corrected chi connectivity index (χ2v) is 9.34. The zero-order valence-electron chi connectivity index (χ0n) is 16.7. The average molecular weight is 429 g/mol. The van der Waals surface area contributed by atoms with Crippen molar-refractivity contribution in [3.05, 3.63) is 59.8 Å². The topological polar surface area (TPSA) is 108 Å². The van der Waals surface area contributed by atoms with Crippen LogP contribution < -0.4 is 5.32 Å². The molecule has 158 valence electrons. The molecule has 0 atom stereocenters. The summed E-state index contributed by atoms with van der Waals surface area (Å²) in [6, 6.07) is 12.7. The van der Waals surface area contributed by atoms with Gasteiger partial charge in [-0.1, -0.05) is 29.8 Å². The van der Waals surface area contributed by atoms with Crippen LogP contribution in [0.3, 0.4) is 0 Å². The molecular weight excluding hydrogens is 404 g/mol. The van der Waals surface area contributed by atoms with Gasteiger partial charge < -0.3 is 9.73 Å². The molecule has 1 aromatic carbocycles. The first-order valence-electron chi connectivity index (χ1n) is 9.86. The van der Waals surface area contributed by atoms with E-state index in [1.165, 1.54) is 10.4 Å².